The standard InChI is InChI=1S/C4H9NO.C2H6/c1-4(2,5)3-6;1-2/h3H,5H2,1-2H3;1-2H3. The summed E-state index contributed by atoms with van der Waals surface area (Å²) in [6.45, 7) is 7.31. The van der Waals surface area contributed by atoms with E-state index in [1.807, 2.05) is 13.8 Å². The first kappa shape index (κ1) is 10.6. The van der Waals surface area contributed by atoms with Gasteiger partial charge in [0.15, 0.2) is 0 Å². The number of carbonyl (C=O) groups excluding carboxylic acids is 1. The van der Waals surface area contributed by atoms with Crippen molar-refractivity contribution < 1.29 is 4.79 Å². The monoisotopic (exact) mass is 117 g/mol. The maximum atomic E-state index is 9.70. The Morgan fingerprint density at radius 3 is 1.50 bits per heavy atom. The molecule has 0 amide bonds. The third-order valence-corrected chi connectivity index (χ3v) is 0.304. The molecule has 0 saturated heterocycles. The predicted octanol–water partition coefficient (Wildman–Crippen LogP) is 0.949. The van der Waals surface area contributed by atoms with Crippen LogP contribution >= 0.6 is 0 Å². The second-order valence-corrected chi connectivity index (χ2v) is 1.94. The molecule has 2 N–H and O–H groups in total. The van der Waals surface area contributed by atoms with Crippen LogP contribution in [-0.2, 0) is 4.79 Å². The first-order valence-corrected chi connectivity index (χ1v) is 2.81. The van der Waals surface area contributed by atoms with Crippen LogP contribution in [-0.4, -0.2) is 11.8 Å². The summed E-state index contributed by atoms with van der Waals surface area (Å²) in [5, 5.41) is 0. The van der Waals surface area contributed by atoms with Crippen LogP contribution in [0.5, 0.6) is 0 Å². The zero-order valence-electron chi connectivity index (χ0n) is 6.06. The van der Waals surface area contributed by atoms with Crippen molar-refractivity contribution in [1.29, 1.82) is 0 Å². The number of nitrogens with two attached hydrogens (primary N) is 1. The van der Waals surface area contributed by atoms with Crippen molar-refractivity contribution in [2.75, 3.05) is 0 Å². The van der Waals surface area contributed by atoms with E-state index in [0.29, 0.717) is 6.29 Å². The maximum absolute atomic E-state index is 9.70. The van der Waals surface area contributed by atoms with Crippen LogP contribution in [0.3, 0.4) is 0 Å². The summed E-state index contributed by atoms with van der Waals surface area (Å²) in [5.74, 6) is 0. The zero-order chi connectivity index (χ0) is 7.21. The molecule has 0 bridgehead atoms. The summed E-state index contributed by atoms with van der Waals surface area (Å²) in [7, 11) is 0. The minimum Gasteiger partial charge on any atom is -0.320 e. The first-order valence-electron chi connectivity index (χ1n) is 2.81. The number of hydrogen-bond acceptors (Lipinski definition) is 2. The lowest BCUT2D eigenvalue weighted by Gasteiger charge is -2.04. The molecule has 0 heterocycles. The van der Waals surface area contributed by atoms with Gasteiger partial charge in [-0.25, -0.2) is 0 Å². The van der Waals surface area contributed by atoms with Crippen molar-refractivity contribution in [3.8, 4) is 0 Å². The summed E-state index contributed by atoms with van der Waals surface area (Å²) >= 11 is 0. The topological polar surface area (TPSA) is 43.1 Å². The van der Waals surface area contributed by atoms with Crippen LogP contribution in [0.2, 0.25) is 0 Å². The van der Waals surface area contributed by atoms with Gasteiger partial charge < -0.3 is 10.5 Å². The highest BCUT2D eigenvalue weighted by Gasteiger charge is 2.04. The third kappa shape index (κ3) is 17.4. The fraction of sp³-hybridized carbons (Fsp3) is 0.833. The van der Waals surface area contributed by atoms with Crippen molar-refractivity contribution in [1.82, 2.24) is 0 Å². The lowest BCUT2D eigenvalue weighted by Crippen LogP contribution is -2.33. The minimum atomic E-state index is -0.639. The normalized spacial score (nSPS) is 9.12. The van der Waals surface area contributed by atoms with E-state index in [2.05, 4.69) is 0 Å². The molecule has 0 fully saturated rings. The maximum Gasteiger partial charge on any atom is 0.139 e. The van der Waals surface area contributed by atoms with Gasteiger partial charge in [0, 0.05) is 0 Å². The van der Waals surface area contributed by atoms with Crippen LogP contribution in [0.15, 0.2) is 0 Å². The van der Waals surface area contributed by atoms with Crippen molar-refractivity contribution >= 4 is 6.29 Å². The summed E-state index contributed by atoms with van der Waals surface area (Å²) < 4.78 is 0. The van der Waals surface area contributed by atoms with Crippen molar-refractivity contribution in [3.63, 3.8) is 0 Å². The molecule has 0 aliphatic carbocycles. The molecule has 2 heteroatoms. The third-order valence-electron chi connectivity index (χ3n) is 0.304. The highest BCUT2D eigenvalue weighted by molar-refractivity contribution is 5.61. The largest absolute Gasteiger partial charge is 0.320 e. The Labute approximate surface area is 51.1 Å². The molecule has 8 heavy (non-hydrogen) atoms. The van der Waals surface area contributed by atoms with Gasteiger partial charge in [-0.3, -0.25) is 0 Å². The van der Waals surface area contributed by atoms with Gasteiger partial charge in [-0.05, 0) is 13.8 Å². The average Bonchev–Trinajstić information content (AvgIpc) is 1.71. The summed E-state index contributed by atoms with van der Waals surface area (Å²) in [4.78, 5) is 9.70. The van der Waals surface area contributed by atoms with E-state index in [4.69, 9.17) is 5.73 Å². The highest BCUT2D eigenvalue weighted by atomic mass is 16.1. The summed E-state index contributed by atoms with van der Waals surface area (Å²) in [5.41, 5.74) is 4.53. The molecule has 0 aliphatic heterocycles. The van der Waals surface area contributed by atoms with Gasteiger partial charge in [0.05, 0.1) is 5.54 Å². The Kier molecular flexibility index (Phi) is 6.32. The summed E-state index contributed by atoms with van der Waals surface area (Å²) in [6.07, 6.45) is 0.715. The van der Waals surface area contributed by atoms with Crippen molar-refractivity contribution in [2.24, 2.45) is 5.73 Å². The van der Waals surface area contributed by atoms with E-state index in [1.54, 1.807) is 13.8 Å². The second-order valence-electron chi connectivity index (χ2n) is 1.94. The Morgan fingerprint density at radius 1 is 1.38 bits per heavy atom. The number of hydrogen-bond donors (Lipinski definition) is 1. The first-order chi connectivity index (χ1) is 3.56. The van der Waals surface area contributed by atoms with Crippen LogP contribution < -0.4 is 5.73 Å². The van der Waals surface area contributed by atoms with Crippen LogP contribution in [0.25, 0.3) is 0 Å². The van der Waals surface area contributed by atoms with E-state index in [9.17, 15) is 4.79 Å². The van der Waals surface area contributed by atoms with Gasteiger partial charge in [0.25, 0.3) is 0 Å². The van der Waals surface area contributed by atoms with E-state index >= 15 is 0 Å². The molecule has 0 saturated carbocycles. The minimum absolute atomic E-state index is 0.639. The molecule has 0 spiro atoms. The number of carbonyl (C=O) groups is 1. The van der Waals surface area contributed by atoms with Gasteiger partial charge in [0.2, 0.25) is 0 Å². The number of aldehydes is 1. The van der Waals surface area contributed by atoms with Gasteiger partial charge >= 0.3 is 0 Å². The molecule has 0 atom stereocenters. The van der Waals surface area contributed by atoms with Crippen LogP contribution in [0.1, 0.15) is 27.7 Å². The Balaban J connectivity index is 0. The molecular formula is C6H15NO. The molecule has 0 aliphatic rings. The molecular weight excluding hydrogens is 102 g/mol. The van der Waals surface area contributed by atoms with E-state index in [1.165, 1.54) is 0 Å². The lowest BCUT2D eigenvalue weighted by molar-refractivity contribution is -0.111. The van der Waals surface area contributed by atoms with Gasteiger partial charge in [-0.15, -0.1) is 0 Å². The molecule has 0 radical (unpaired) electrons. The lowest BCUT2D eigenvalue weighted by atomic mass is 10.1. The fourth-order valence-corrected chi connectivity index (χ4v) is 0. The molecule has 0 unspecified atom stereocenters. The predicted molar refractivity (Wildman–Crippen MR) is 35.7 cm³/mol. The molecule has 0 aromatic rings. The Hall–Kier alpha value is -0.370. The molecule has 0 aromatic heterocycles. The van der Waals surface area contributed by atoms with Crippen molar-refractivity contribution in [3.05, 3.63) is 0 Å². The van der Waals surface area contributed by atoms with Gasteiger partial charge in [-0.2, -0.15) is 0 Å². The van der Waals surface area contributed by atoms with Crippen LogP contribution in [0.4, 0.5) is 0 Å². The van der Waals surface area contributed by atoms with E-state index < -0.39 is 5.54 Å². The SMILES string of the molecule is CC.CC(C)(N)C=O. The highest BCUT2D eigenvalue weighted by Crippen LogP contribution is 1.85. The molecule has 0 rings (SSSR count). The second kappa shape index (κ2) is 4.78. The molecule has 50 valence electrons. The molecule has 0 aromatic carbocycles. The summed E-state index contributed by atoms with van der Waals surface area (Å²) in [6, 6.07) is 0. The zero-order valence-corrected chi connectivity index (χ0v) is 6.06. The number of rotatable bonds is 1. The van der Waals surface area contributed by atoms with Crippen LogP contribution in [0, 0.1) is 0 Å². The average molecular weight is 117 g/mol. The van der Waals surface area contributed by atoms with Gasteiger partial charge in [0.1, 0.15) is 6.29 Å². The van der Waals surface area contributed by atoms with E-state index in [-0.39, 0.29) is 0 Å². The van der Waals surface area contributed by atoms with Gasteiger partial charge in [-0.1, -0.05) is 13.8 Å². The smallest absolute Gasteiger partial charge is 0.139 e. The Bertz CT molecular complexity index is 54.0. The molecule has 2 nitrogen and oxygen atoms in total. The quantitative estimate of drug-likeness (QED) is 0.519. The fourth-order valence-electron chi connectivity index (χ4n) is 0. The Morgan fingerprint density at radius 2 is 1.50 bits per heavy atom. The van der Waals surface area contributed by atoms with Crippen molar-refractivity contribution in [2.45, 2.75) is 33.2 Å². The van der Waals surface area contributed by atoms with E-state index in [0.717, 1.165) is 0 Å².